The summed E-state index contributed by atoms with van der Waals surface area (Å²) in [5.74, 6) is 0.457. The fourth-order valence-electron chi connectivity index (χ4n) is 2.01. The monoisotopic (exact) mass is 338 g/mol. The quantitative estimate of drug-likeness (QED) is 0.430. The van der Waals surface area contributed by atoms with Gasteiger partial charge in [-0.15, -0.1) is 11.8 Å². The molecule has 0 bridgehead atoms. The Morgan fingerprint density at radius 1 is 1.18 bits per heavy atom. The zero-order chi connectivity index (χ0) is 16.5. The summed E-state index contributed by atoms with van der Waals surface area (Å²) in [6.07, 6.45) is 1.85. The molecular weight excluding hydrogens is 316 g/mol. The van der Waals surface area contributed by atoms with Crippen molar-refractivity contribution in [1.29, 1.82) is 10.8 Å². The van der Waals surface area contributed by atoms with Gasteiger partial charge in [0.15, 0.2) is 5.17 Å². The van der Waals surface area contributed by atoms with Crippen molar-refractivity contribution in [3.63, 3.8) is 0 Å². The second-order valence-corrected chi connectivity index (χ2v) is 7.60. The van der Waals surface area contributed by atoms with Gasteiger partial charge in [-0.05, 0) is 30.9 Å². The maximum Gasteiger partial charge on any atom is 0.218 e. The Hall–Kier alpha value is -1.47. The van der Waals surface area contributed by atoms with Crippen molar-refractivity contribution in [1.82, 2.24) is 0 Å². The lowest BCUT2D eigenvalue weighted by molar-refractivity contribution is -0.117. The Morgan fingerprint density at radius 2 is 1.77 bits per heavy atom. The Kier molecular flexibility index (Phi) is 8.05. The summed E-state index contributed by atoms with van der Waals surface area (Å²) in [6.45, 7) is 1.72. The highest BCUT2D eigenvalue weighted by molar-refractivity contribution is 8.14. The van der Waals surface area contributed by atoms with Crippen molar-refractivity contribution in [2.45, 2.75) is 31.4 Å². The highest BCUT2D eigenvalue weighted by Crippen LogP contribution is 2.21. The highest BCUT2D eigenvalue weighted by Gasteiger charge is 2.14. The van der Waals surface area contributed by atoms with E-state index in [4.69, 9.17) is 22.3 Å². The van der Waals surface area contributed by atoms with Crippen LogP contribution >= 0.6 is 23.5 Å². The number of hydrogen-bond acceptors (Lipinski definition) is 5. The first-order valence-electron chi connectivity index (χ1n) is 6.91. The van der Waals surface area contributed by atoms with Crippen molar-refractivity contribution in [2.24, 2.45) is 11.5 Å². The van der Waals surface area contributed by atoms with E-state index in [1.54, 1.807) is 6.92 Å². The molecule has 0 unspecified atom stereocenters. The molecule has 0 radical (unpaired) electrons. The van der Waals surface area contributed by atoms with Crippen LogP contribution in [0.3, 0.4) is 0 Å². The van der Waals surface area contributed by atoms with Gasteiger partial charge in [0, 0.05) is 17.4 Å². The van der Waals surface area contributed by atoms with Gasteiger partial charge in [-0.3, -0.25) is 15.6 Å². The fourth-order valence-corrected chi connectivity index (χ4v) is 3.59. The molecule has 6 N–H and O–H groups in total. The first-order chi connectivity index (χ1) is 10.4. The van der Waals surface area contributed by atoms with Crippen molar-refractivity contribution in [3.8, 4) is 0 Å². The van der Waals surface area contributed by atoms with Crippen LogP contribution in [0.15, 0.2) is 24.3 Å². The van der Waals surface area contributed by atoms with Crippen molar-refractivity contribution >= 4 is 39.6 Å². The van der Waals surface area contributed by atoms with Crippen LogP contribution in [-0.2, 0) is 17.6 Å². The minimum absolute atomic E-state index is 0.00844. The van der Waals surface area contributed by atoms with Gasteiger partial charge in [0.2, 0.25) is 5.91 Å². The summed E-state index contributed by atoms with van der Waals surface area (Å²) in [5.41, 5.74) is 12.9. The largest absolute Gasteiger partial charge is 0.379 e. The zero-order valence-corrected chi connectivity index (χ0v) is 14.2. The van der Waals surface area contributed by atoms with Crippen LogP contribution in [0, 0.1) is 10.8 Å². The van der Waals surface area contributed by atoms with Crippen molar-refractivity contribution < 1.29 is 4.79 Å². The zero-order valence-electron chi connectivity index (χ0n) is 12.6. The average Bonchev–Trinajstić information content (AvgIpc) is 2.38. The lowest BCUT2D eigenvalue weighted by atomic mass is 10.0. The van der Waals surface area contributed by atoms with Gasteiger partial charge in [0.1, 0.15) is 0 Å². The van der Waals surface area contributed by atoms with Crippen molar-refractivity contribution in [3.05, 3.63) is 35.4 Å². The summed E-state index contributed by atoms with van der Waals surface area (Å²) in [4.78, 5) is 11.1. The number of rotatable bonds is 8. The van der Waals surface area contributed by atoms with Gasteiger partial charge in [-0.2, -0.15) is 0 Å². The van der Waals surface area contributed by atoms with E-state index in [1.807, 2.05) is 12.1 Å². The predicted molar refractivity (Wildman–Crippen MR) is 96.8 cm³/mol. The fraction of sp³-hybridized carbons (Fsp3) is 0.400. The highest BCUT2D eigenvalue weighted by atomic mass is 32.2. The lowest BCUT2D eigenvalue weighted by Gasteiger charge is -2.14. The number of benzene rings is 1. The molecule has 0 aromatic heterocycles. The van der Waals surface area contributed by atoms with Crippen LogP contribution in [0.5, 0.6) is 0 Å². The first-order valence-corrected chi connectivity index (χ1v) is 8.78. The molecule has 1 amide bonds. The molecule has 0 aliphatic carbocycles. The molecule has 0 aliphatic heterocycles. The van der Waals surface area contributed by atoms with Crippen LogP contribution in [0.1, 0.15) is 24.5 Å². The maximum atomic E-state index is 11.1. The number of carbonyl (C=O) groups excluding carboxylic acids is 1. The van der Waals surface area contributed by atoms with Crippen LogP contribution < -0.4 is 11.5 Å². The molecule has 0 spiro atoms. The van der Waals surface area contributed by atoms with Gasteiger partial charge in [0.05, 0.1) is 5.04 Å². The van der Waals surface area contributed by atoms with E-state index in [0.717, 1.165) is 17.7 Å². The number of hydrogen-bond donors (Lipinski definition) is 4. The number of amidine groups is 1. The van der Waals surface area contributed by atoms with E-state index >= 15 is 0 Å². The minimum Gasteiger partial charge on any atom is -0.379 e. The number of carbonyl (C=O) groups is 1. The topological polar surface area (TPSA) is 117 Å². The Balaban J connectivity index is 2.58. The first kappa shape index (κ1) is 18.6. The molecular formula is C15H22N4OS2. The van der Waals surface area contributed by atoms with Gasteiger partial charge in [-0.1, -0.05) is 36.0 Å². The lowest BCUT2D eigenvalue weighted by Crippen LogP contribution is -2.20. The molecule has 120 valence electrons. The maximum absolute atomic E-state index is 11.1. The molecule has 0 saturated heterocycles. The summed E-state index contributed by atoms with van der Waals surface area (Å²) in [6, 6.07) is 8.20. The van der Waals surface area contributed by atoms with E-state index in [-0.39, 0.29) is 22.7 Å². The number of nitrogens with two attached hydrogens (primary N) is 2. The second kappa shape index (κ2) is 9.53. The molecule has 1 rings (SSSR count). The third-order valence-electron chi connectivity index (χ3n) is 2.91. The minimum atomic E-state index is -0.336. The van der Waals surface area contributed by atoms with E-state index < -0.39 is 0 Å². The Bertz CT molecular complexity index is 515. The number of thioether (sulfide) groups is 2. The predicted octanol–water partition coefficient (Wildman–Crippen LogP) is 2.37. The van der Waals surface area contributed by atoms with Crippen LogP contribution in [0.4, 0.5) is 0 Å². The number of primary amides is 1. The van der Waals surface area contributed by atoms with Crippen LogP contribution in [0.2, 0.25) is 0 Å². The molecule has 1 aromatic carbocycles. The van der Waals surface area contributed by atoms with E-state index in [2.05, 4.69) is 12.1 Å². The Labute approximate surface area is 139 Å². The van der Waals surface area contributed by atoms with E-state index in [1.165, 1.54) is 29.1 Å². The van der Waals surface area contributed by atoms with Gasteiger partial charge in [-0.25, -0.2) is 0 Å². The summed E-state index contributed by atoms with van der Waals surface area (Å²) >= 11 is 2.72. The van der Waals surface area contributed by atoms with Crippen LogP contribution in [0.25, 0.3) is 0 Å². The summed E-state index contributed by atoms with van der Waals surface area (Å²) in [5, 5.41) is 15.4. The van der Waals surface area contributed by atoms with Gasteiger partial charge < -0.3 is 11.5 Å². The number of nitrogens with one attached hydrogen (secondary N) is 2. The molecule has 22 heavy (non-hydrogen) atoms. The second-order valence-electron chi connectivity index (χ2n) is 4.95. The molecule has 0 saturated carbocycles. The SMILES string of the molecule is CC(=N)S[C@H](CC(N)=O)Cc1ccc(CCSC(=N)N)cc1. The van der Waals surface area contributed by atoms with Crippen LogP contribution in [-0.4, -0.2) is 27.1 Å². The standard InChI is InChI=1S/C15H22N4OS2/c1-10(16)22-13(9-14(17)20)8-12-4-2-11(3-5-12)6-7-21-15(18)19/h2-5,13,16H,6-9H2,1H3,(H2,17,20)(H3,18,19)/t13-/m0/s1. The van der Waals surface area contributed by atoms with Crippen molar-refractivity contribution in [2.75, 3.05) is 5.75 Å². The molecule has 1 atom stereocenters. The third kappa shape index (κ3) is 8.09. The Morgan fingerprint density at radius 3 is 2.27 bits per heavy atom. The van der Waals surface area contributed by atoms with Gasteiger partial charge in [0.25, 0.3) is 0 Å². The van der Waals surface area contributed by atoms with Gasteiger partial charge >= 0.3 is 0 Å². The molecule has 0 aliphatic rings. The number of aryl methyl sites for hydroxylation is 1. The molecule has 1 aromatic rings. The third-order valence-corrected chi connectivity index (χ3v) is 4.65. The van der Waals surface area contributed by atoms with E-state index in [9.17, 15) is 4.79 Å². The van der Waals surface area contributed by atoms with E-state index in [0.29, 0.717) is 11.5 Å². The molecule has 5 nitrogen and oxygen atoms in total. The number of amides is 1. The molecule has 7 heteroatoms. The normalized spacial score (nSPS) is 11.9. The smallest absolute Gasteiger partial charge is 0.218 e. The summed E-state index contributed by atoms with van der Waals surface area (Å²) < 4.78 is 0. The molecule has 0 heterocycles. The summed E-state index contributed by atoms with van der Waals surface area (Å²) in [7, 11) is 0. The average molecular weight is 339 g/mol. The molecule has 0 fully saturated rings.